The maximum Gasteiger partial charge on any atom is 0.319 e. The van der Waals surface area contributed by atoms with Gasteiger partial charge in [0.05, 0.1) is 6.42 Å². The van der Waals surface area contributed by atoms with Gasteiger partial charge in [-0.2, -0.15) is 11.8 Å². The Labute approximate surface area is 159 Å². The van der Waals surface area contributed by atoms with E-state index in [-0.39, 0.29) is 11.9 Å². The highest BCUT2D eigenvalue weighted by Crippen LogP contribution is 2.15. The van der Waals surface area contributed by atoms with Crippen LogP contribution in [-0.4, -0.2) is 31.3 Å². The minimum absolute atomic E-state index is 0.0581. The Morgan fingerprint density at radius 3 is 2.65 bits per heavy atom. The zero-order valence-electron chi connectivity index (χ0n) is 15.2. The number of hydrogen-bond acceptors (Lipinski definition) is 3. The van der Waals surface area contributed by atoms with E-state index in [1.165, 1.54) is 11.1 Å². The van der Waals surface area contributed by atoms with Crippen LogP contribution in [0.5, 0.6) is 0 Å². The average molecular weight is 372 g/mol. The van der Waals surface area contributed by atoms with E-state index in [4.69, 9.17) is 0 Å². The normalized spacial score (nSPS) is 10.2. The van der Waals surface area contributed by atoms with Crippen LogP contribution >= 0.6 is 11.8 Å². The Balaban J connectivity index is 1.69. The van der Waals surface area contributed by atoms with Crippen LogP contribution in [0.2, 0.25) is 0 Å². The van der Waals surface area contributed by atoms with Crippen LogP contribution < -0.4 is 16.0 Å². The number of nitrogens with one attached hydrogen (secondary N) is 3. The summed E-state index contributed by atoms with van der Waals surface area (Å²) in [5.41, 5.74) is 4.16. The molecule has 138 valence electrons. The fourth-order valence-corrected chi connectivity index (χ4v) is 3.33. The van der Waals surface area contributed by atoms with Gasteiger partial charge in [-0.1, -0.05) is 36.4 Å². The molecule has 3 amide bonds. The molecule has 6 heteroatoms. The second-order valence-electron chi connectivity index (χ2n) is 5.91. The zero-order chi connectivity index (χ0) is 18.8. The van der Waals surface area contributed by atoms with E-state index < -0.39 is 0 Å². The van der Waals surface area contributed by atoms with Crippen molar-refractivity contribution in [3.8, 4) is 0 Å². The van der Waals surface area contributed by atoms with Gasteiger partial charge in [-0.3, -0.25) is 4.79 Å². The van der Waals surface area contributed by atoms with Gasteiger partial charge in [-0.15, -0.1) is 0 Å². The molecule has 3 N–H and O–H groups in total. The van der Waals surface area contributed by atoms with Crippen molar-refractivity contribution in [2.75, 3.05) is 24.7 Å². The van der Waals surface area contributed by atoms with E-state index in [1.807, 2.05) is 30.3 Å². The van der Waals surface area contributed by atoms with Crippen molar-refractivity contribution in [1.29, 1.82) is 0 Å². The molecule has 2 aromatic carbocycles. The van der Waals surface area contributed by atoms with Gasteiger partial charge in [0.15, 0.2) is 0 Å². The molecule has 0 bridgehead atoms. The third-order valence-corrected chi connectivity index (χ3v) is 4.89. The molecule has 0 radical (unpaired) electrons. The summed E-state index contributed by atoms with van der Waals surface area (Å²) < 4.78 is 0. The van der Waals surface area contributed by atoms with Crippen LogP contribution in [-0.2, 0) is 17.0 Å². The number of amides is 3. The number of urea groups is 1. The number of likely N-dealkylation sites (N-methyl/N-ethyl adjacent to an activating group) is 1. The summed E-state index contributed by atoms with van der Waals surface area (Å²) in [6.45, 7) is 2.71. The number of anilines is 1. The molecule has 0 unspecified atom stereocenters. The first kappa shape index (κ1) is 19.8. The predicted octanol–water partition coefficient (Wildman–Crippen LogP) is 3.34. The van der Waals surface area contributed by atoms with Crippen molar-refractivity contribution in [2.45, 2.75) is 19.1 Å². The lowest BCUT2D eigenvalue weighted by Crippen LogP contribution is -2.30. The number of carbonyl (C=O) groups is 2. The Kier molecular flexibility index (Phi) is 8.02. The van der Waals surface area contributed by atoms with Crippen molar-refractivity contribution in [3.63, 3.8) is 0 Å². The van der Waals surface area contributed by atoms with Gasteiger partial charge < -0.3 is 16.0 Å². The van der Waals surface area contributed by atoms with Crippen molar-refractivity contribution < 1.29 is 9.59 Å². The molecular weight excluding hydrogens is 346 g/mol. The van der Waals surface area contributed by atoms with Crippen molar-refractivity contribution >= 4 is 29.4 Å². The number of hydrogen-bond donors (Lipinski definition) is 3. The first-order chi connectivity index (χ1) is 12.6. The molecule has 0 aromatic heterocycles. The van der Waals surface area contributed by atoms with Crippen LogP contribution in [0.4, 0.5) is 10.5 Å². The van der Waals surface area contributed by atoms with Gasteiger partial charge in [0.1, 0.15) is 0 Å². The summed E-state index contributed by atoms with van der Waals surface area (Å²) in [4.78, 5) is 23.4. The van der Waals surface area contributed by atoms with Crippen molar-refractivity contribution in [2.24, 2.45) is 0 Å². The number of benzene rings is 2. The molecule has 0 aliphatic heterocycles. The first-order valence-electron chi connectivity index (χ1n) is 8.55. The first-order valence-corrected chi connectivity index (χ1v) is 9.70. The second-order valence-corrected chi connectivity index (χ2v) is 7.02. The quantitative estimate of drug-likeness (QED) is 0.623. The molecule has 0 spiro atoms. The Hall–Kier alpha value is -2.47. The molecule has 0 atom stereocenters. The van der Waals surface area contributed by atoms with E-state index in [2.05, 4.69) is 35.0 Å². The summed E-state index contributed by atoms with van der Waals surface area (Å²) in [7, 11) is 1.61. The molecule has 26 heavy (non-hydrogen) atoms. The predicted molar refractivity (Wildman–Crippen MR) is 109 cm³/mol. The third-order valence-electron chi connectivity index (χ3n) is 3.88. The lowest BCUT2D eigenvalue weighted by molar-refractivity contribution is -0.119. The van der Waals surface area contributed by atoms with Crippen LogP contribution in [0.25, 0.3) is 0 Å². The van der Waals surface area contributed by atoms with Gasteiger partial charge in [0, 0.05) is 30.8 Å². The van der Waals surface area contributed by atoms with E-state index in [9.17, 15) is 9.59 Å². The highest BCUT2D eigenvalue weighted by Gasteiger charge is 2.05. The molecule has 2 rings (SSSR count). The van der Waals surface area contributed by atoms with E-state index in [1.54, 1.807) is 24.9 Å². The molecule has 0 saturated heterocycles. The highest BCUT2D eigenvalue weighted by molar-refractivity contribution is 7.98. The van der Waals surface area contributed by atoms with Gasteiger partial charge in [-0.25, -0.2) is 4.79 Å². The fourth-order valence-electron chi connectivity index (χ4n) is 2.40. The van der Waals surface area contributed by atoms with E-state index >= 15 is 0 Å². The van der Waals surface area contributed by atoms with Crippen LogP contribution in [0, 0.1) is 6.92 Å². The standard InChI is InChI=1S/C20H25N3O2S/c1-15-6-3-4-8-17(15)14-26-11-10-22-20(25)23-18-9-5-7-16(12-18)13-19(24)21-2/h3-9,12H,10-11,13-14H2,1-2H3,(H,21,24)(H2,22,23,25). The van der Waals surface area contributed by atoms with Crippen molar-refractivity contribution in [1.82, 2.24) is 10.6 Å². The maximum atomic E-state index is 12.0. The lowest BCUT2D eigenvalue weighted by atomic mass is 10.1. The highest BCUT2D eigenvalue weighted by atomic mass is 32.2. The van der Waals surface area contributed by atoms with E-state index in [0.717, 1.165) is 17.1 Å². The Bertz CT molecular complexity index is 749. The smallest absolute Gasteiger partial charge is 0.319 e. The molecule has 0 heterocycles. The minimum Gasteiger partial charge on any atom is -0.359 e. The number of aryl methyl sites for hydroxylation is 1. The number of thioether (sulfide) groups is 1. The largest absolute Gasteiger partial charge is 0.359 e. The monoisotopic (exact) mass is 371 g/mol. The Morgan fingerprint density at radius 1 is 1.08 bits per heavy atom. The van der Waals surface area contributed by atoms with Gasteiger partial charge in [-0.05, 0) is 35.7 Å². The van der Waals surface area contributed by atoms with Crippen LogP contribution in [0.3, 0.4) is 0 Å². The molecular formula is C20H25N3O2S. The number of carbonyl (C=O) groups excluding carboxylic acids is 2. The topological polar surface area (TPSA) is 70.2 Å². The minimum atomic E-state index is -0.237. The molecule has 0 aliphatic carbocycles. The fraction of sp³-hybridized carbons (Fsp3) is 0.300. The SMILES string of the molecule is CNC(=O)Cc1cccc(NC(=O)NCCSCc2ccccc2C)c1. The molecule has 2 aromatic rings. The molecule has 0 fully saturated rings. The van der Waals surface area contributed by atoms with Crippen LogP contribution in [0.1, 0.15) is 16.7 Å². The summed E-state index contributed by atoms with van der Waals surface area (Å²) in [6, 6.07) is 15.4. The summed E-state index contributed by atoms with van der Waals surface area (Å²) in [6.07, 6.45) is 0.295. The van der Waals surface area contributed by atoms with Gasteiger partial charge >= 0.3 is 6.03 Å². The summed E-state index contributed by atoms with van der Waals surface area (Å²) in [5.74, 6) is 1.73. The average Bonchev–Trinajstić information content (AvgIpc) is 2.63. The van der Waals surface area contributed by atoms with Gasteiger partial charge in [0.25, 0.3) is 0 Å². The van der Waals surface area contributed by atoms with Crippen molar-refractivity contribution in [3.05, 3.63) is 65.2 Å². The number of rotatable bonds is 8. The van der Waals surface area contributed by atoms with E-state index in [0.29, 0.717) is 18.7 Å². The van der Waals surface area contributed by atoms with Crippen LogP contribution in [0.15, 0.2) is 48.5 Å². The molecule has 5 nitrogen and oxygen atoms in total. The molecule has 0 saturated carbocycles. The third kappa shape index (κ3) is 6.80. The Morgan fingerprint density at radius 2 is 1.88 bits per heavy atom. The summed E-state index contributed by atoms with van der Waals surface area (Å²) >= 11 is 1.79. The van der Waals surface area contributed by atoms with Gasteiger partial charge in [0.2, 0.25) is 5.91 Å². The summed E-state index contributed by atoms with van der Waals surface area (Å²) in [5, 5.41) is 8.24. The molecule has 0 aliphatic rings. The lowest BCUT2D eigenvalue weighted by Gasteiger charge is -2.09. The zero-order valence-corrected chi connectivity index (χ0v) is 16.0. The second kappa shape index (κ2) is 10.5. The maximum absolute atomic E-state index is 12.0.